The number of hydrogen-bond donors (Lipinski definition) is 1. The van der Waals surface area contributed by atoms with Crippen molar-refractivity contribution < 1.29 is 18.0 Å². The first kappa shape index (κ1) is 32.3. The smallest absolute Gasteiger partial charge is 0.243 e. The van der Waals surface area contributed by atoms with Crippen LogP contribution in [-0.2, 0) is 32.6 Å². The van der Waals surface area contributed by atoms with Gasteiger partial charge >= 0.3 is 0 Å². The van der Waals surface area contributed by atoms with E-state index in [4.69, 9.17) is 0 Å². The summed E-state index contributed by atoms with van der Waals surface area (Å²) in [5.74, 6) is -0.152. The molecule has 41 heavy (non-hydrogen) atoms. The van der Waals surface area contributed by atoms with Gasteiger partial charge in [0.15, 0.2) is 0 Å². The predicted molar refractivity (Wildman–Crippen MR) is 169 cm³/mol. The fraction of sp³-hybridized carbons (Fsp3) is 0.375. The largest absolute Gasteiger partial charge is 0.354 e. The number of hydrogen-bond acceptors (Lipinski definition) is 4. The molecule has 0 spiro atoms. The molecule has 0 bridgehead atoms. The number of rotatable bonds is 14. The third-order valence-corrected chi connectivity index (χ3v) is 8.36. The third kappa shape index (κ3) is 10.3. The molecule has 0 radical (unpaired) electrons. The number of aryl methyl sites for hydroxylation is 1. The highest BCUT2D eigenvalue weighted by Gasteiger charge is 2.30. The van der Waals surface area contributed by atoms with Gasteiger partial charge in [0.05, 0.1) is 11.9 Å². The molecule has 0 heterocycles. The lowest BCUT2D eigenvalue weighted by atomic mass is 10.0. The summed E-state index contributed by atoms with van der Waals surface area (Å²) in [5, 5.41) is 3.03. The molecule has 9 heteroatoms. The van der Waals surface area contributed by atoms with E-state index in [1.54, 1.807) is 17.0 Å². The number of sulfonamides is 1. The topological polar surface area (TPSA) is 86.8 Å². The fourth-order valence-corrected chi connectivity index (χ4v) is 5.94. The summed E-state index contributed by atoms with van der Waals surface area (Å²) >= 11 is 3.51. The molecule has 0 aromatic heterocycles. The van der Waals surface area contributed by atoms with Crippen LogP contribution in [0.1, 0.15) is 43.4 Å². The molecule has 0 saturated heterocycles. The van der Waals surface area contributed by atoms with Gasteiger partial charge in [-0.3, -0.25) is 13.9 Å². The van der Waals surface area contributed by atoms with Crippen molar-refractivity contribution in [3.05, 3.63) is 100 Å². The third-order valence-electron chi connectivity index (χ3n) is 6.67. The molecule has 0 aliphatic heterocycles. The van der Waals surface area contributed by atoms with Crippen LogP contribution in [0.15, 0.2) is 83.3 Å². The van der Waals surface area contributed by atoms with Crippen molar-refractivity contribution >= 4 is 43.5 Å². The second-order valence-electron chi connectivity index (χ2n) is 10.8. The van der Waals surface area contributed by atoms with Crippen molar-refractivity contribution in [1.29, 1.82) is 0 Å². The lowest BCUT2D eigenvalue weighted by Crippen LogP contribution is -2.51. The summed E-state index contributed by atoms with van der Waals surface area (Å²) in [7, 11) is -3.55. The van der Waals surface area contributed by atoms with Gasteiger partial charge in [-0.05, 0) is 54.7 Å². The van der Waals surface area contributed by atoms with E-state index in [0.717, 1.165) is 21.2 Å². The number of nitrogens with zero attached hydrogens (tertiary/aromatic N) is 2. The van der Waals surface area contributed by atoms with Gasteiger partial charge in [-0.25, -0.2) is 8.42 Å². The Morgan fingerprint density at radius 1 is 0.927 bits per heavy atom. The first-order valence-corrected chi connectivity index (χ1v) is 16.5. The van der Waals surface area contributed by atoms with Crippen LogP contribution >= 0.6 is 15.9 Å². The average molecular weight is 643 g/mol. The van der Waals surface area contributed by atoms with Gasteiger partial charge in [0.25, 0.3) is 0 Å². The fourth-order valence-electron chi connectivity index (χ4n) is 4.52. The zero-order valence-corrected chi connectivity index (χ0v) is 26.6. The molecule has 220 valence electrons. The maximum absolute atomic E-state index is 13.9. The zero-order chi connectivity index (χ0) is 30.0. The van der Waals surface area contributed by atoms with Crippen LogP contribution in [-0.4, -0.2) is 50.5 Å². The molecular weight excluding hydrogens is 602 g/mol. The van der Waals surface area contributed by atoms with E-state index >= 15 is 0 Å². The van der Waals surface area contributed by atoms with Crippen LogP contribution in [0, 0.1) is 12.8 Å². The minimum atomic E-state index is -3.55. The van der Waals surface area contributed by atoms with E-state index < -0.39 is 16.1 Å². The van der Waals surface area contributed by atoms with Crippen LogP contribution in [0.5, 0.6) is 0 Å². The van der Waals surface area contributed by atoms with Gasteiger partial charge < -0.3 is 10.2 Å². The maximum Gasteiger partial charge on any atom is 0.243 e. The second-order valence-corrected chi connectivity index (χ2v) is 13.6. The number of halogens is 1. The van der Waals surface area contributed by atoms with Crippen molar-refractivity contribution in [2.45, 2.75) is 52.6 Å². The van der Waals surface area contributed by atoms with Gasteiger partial charge in [-0.15, -0.1) is 0 Å². The van der Waals surface area contributed by atoms with Crippen LogP contribution in [0.2, 0.25) is 0 Å². The molecule has 3 rings (SSSR count). The SMILES string of the molecule is Cc1ccc(N(CCCC(=O)N(Cc2cccc(Br)c2)[C@H](Cc2ccccc2)C(=O)NCC(C)C)S(C)(=O)=O)cc1. The molecule has 2 amide bonds. The molecule has 3 aromatic carbocycles. The Morgan fingerprint density at radius 3 is 2.20 bits per heavy atom. The van der Waals surface area contributed by atoms with Crippen LogP contribution < -0.4 is 9.62 Å². The Kier molecular flexibility index (Phi) is 12.0. The number of benzene rings is 3. The number of carbonyl (C=O) groups excluding carboxylic acids is 2. The Hall–Kier alpha value is -3.17. The highest BCUT2D eigenvalue weighted by Crippen LogP contribution is 2.21. The molecule has 3 aromatic rings. The number of amides is 2. The zero-order valence-electron chi connectivity index (χ0n) is 24.2. The Morgan fingerprint density at radius 2 is 1.59 bits per heavy atom. The molecule has 1 atom stereocenters. The Labute approximate surface area is 253 Å². The molecule has 0 fully saturated rings. The highest BCUT2D eigenvalue weighted by atomic mass is 79.9. The Balaban J connectivity index is 1.87. The lowest BCUT2D eigenvalue weighted by Gasteiger charge is -2.32. The lowest BCUT2D eigenvalue weighted by molar-refractivity contribution is -0.141. The Bertz CT molecular complexity index is 1400. The molecule has 0 saturated carbocycles. The van der Waals surface area contributed by atoms with E-state index in [-0.39, 0.29) is 37.2 Å². The van der Waals surface area contributed by atoms with Crippen LogP contribution in [0.3, 0.4) is 0 Å². The predicted octanol–water partition coefficient (Wildman–Crippen LogP) is 5.72. The summed E-state index contributed by atoms with van der Waals surface area (Å²) < 4.78 is 27.4. The van der Waals surface area contributed by atoms with Crippen molar-refractivity contribution in [3.8, 4) is 0 Å². The monoisotopic (exact) mass is 641 g/mol. The molecule has 7 nitrogen and oxygen atoms in total. The van der Waals surface area contributed by atoms with E-state index in [9.17, 15) is 18.0 Å². The van der Waals surface area contributed by atoms with Gasteiger partial charge in [-0.1, -0.05) is 89.9 Å². The van der Waals surface area contributed by atoms with Gasteiger partial charge in [0, 0.05) is 36.9 Å². The standard InChI is InChI=1S/C32H40BrN3O4S/c1-24(2)22-34-32(38)30(21-26-10-6-5-7-11-26)35(23-27-12-8-13-28(33)20-27)31(37)14-9-19-36(41(4,39)40)29-17-15-25(3)16-18-29/h5-8,10-13,15-18,20,24,30H,9,14,19,21-23H2,1-4H3,(H,34,38)/t30-/m1/s1. The highest BCUT2D eigenvalue weighted by molar-refractivity contribution is 9.10. The first-order chi connectivity index (χ1) is 19.4. The summed E-state index contributed by atoms with van der Waals surface area (Å²) in [6.07, 6.45) is 1.93. The first-order valence-electron chi connectivity index (χ1n) is 13.8. The van der Waals surface area contributed by atoms with Crippen LogP contribution in [0.25, 0.3) is 0 Å². The van der Waals surface area contributed by atoms with Crippen molar-refractivity contribution in [2.24, 2.45) is 5.92 Å². The normalized spacial score (nSPS) is 12.1. The van der Waals surface area contributed by atoms with Crippen LogP contribution in [0.4, 0.5) is 5.69 Å². The van der Waals surface area contributed by atoms with E-state index in [1.165, 1.54) is 10.6 Å². The minimum absolute atomic E-state index is 0.0919. The number of anilines is 1. The van der Waals surface area contributed by atoms with E-state index in [1.807, 2.05) is 87.5 Å². The van der Waals surface area contributed by atoms with Crippen molar-refractivity contribution in [1.82, 2.24) is 10.2 Å². The van der Waals surface area contributed by atoms with Gasteiger partial charge in [-0.2, -0.15) is 0 Å². The summed E-state index contributed by atoms with van der Waals surface area (Å²) in [6.45, 7) is 6.90. The van der Waals surface area contributed by atoms with Crippen molar-refractivity contribution in [3.63, 3.8) is 0 Å². The molecule has 0 aliphatic carbocycles. The van der Waals surface area contributed by atoms with Crippen molar-refractivity contribution in [2.75, 3.05) is 23.7 Å². The van der Waals surface area contributed by atoms with E-state index in [2.05, 4.69) is 21.2 Å². The quantitative estimate of drug-likeness (QED) is 0.244. The minimum Gasteiger partial charge on any atom is -0.354 e. The molecule has 0 unspecified atom stereocenters. The number of carbonyl (C=O) groups is 2. The molecule has 0 aliphatic rings. The second kappa shape index (κ2) is 15.2. The summed E-state index contributed by atoms with van der Waals surface area (Å²) in [4.78, 5) is 29.1. The maximum atomic E-state index is 13.9. The molecule has 1 N–H and O–H groups in total. The van der Waals surface area contributed by atoms with E-state index in [0.29, 0.717) is 25.1 Å². The van der Waals surface area contributed by atoms with Gasteiger partial charge in [0.2, 0.25) is 21.8 Å². The van der Waals surface area contributed by atoms with Gasteiger partial charge in [0.1, 0.15) is 6.04 Å². The summed E-state index contributed by atoms with van der Waals surface area (Å²) in [5.41, 5.74) is 3.43. The number of nitrogens with one attached hydrogen (secondary N) is 1. The summed E-state index contributed by atoms with van der Waals surface area (Å²) in [6, 6.07) is 23.9. The average Bonchev–Trinajstić information content (AvgIpc) is 2.92. The molecular formula is C32H40BrN3O4S.